The Morgan fingerprint density at radius 1 is 0.967 bits per heavy atom. The zero-order valence-corrected chi connectivity index (χ0v) is 18.0. The number of ketones is 1. The fraction of sp³-hybridized carbons (Fsp3) is 0.250. The Morgan fingerprint density at radius 2 is 1.73 bits per heavy atom. The number of amides is 1. The summed E-state index contributed by atoms with van der Waals surface area (Å²) in [7, 11) is 1.63. The smallest absolute Gasteiger partial charge is 0.261 e. The van der Waals surface area contributed by atoms with E-state index >= 15 is 0 Å². The van der Waals surface area contributed by atoms with Crippen LogP contribution in [0.25, 0.3) is 0 Å². The lowest BCUT2D eigenvalue weighted by Gasteiger charge is -2.23. The molecule has 0 bridgehead atoms. The topological polar surface area (TPSA) is 55.8 Å². The molecule has 3 aromatic rings. The van der Waals surface area contributed by atoms with Crippen LogP contribution < -0.4 is 9.47 Å². The van der Waals surface area contributed by atoms with Gasteiger partial charge in [0.05, 0.1) is 13.7 Å². The van der Waals surface area contributed by atoms with E-state index in [1.54, 1.807) is 47.6 Å². The quantitative estimate of drug-likeness (QED) is 0.433. The van der Waals surface area contributed by atoms with Gasteiger partial charge in [-0.25, -0.2) is 0 Å². The van der Waals surface area contributed by atoms with Crippen LogP contribution in [0.3, 0.4) is 0 Å². The van der Waals surface area contributed by atoms with Crippen LogP contribution in [0.5, 0.6) is 11.5 Å². The van der Waals surface area contributed by atoms with Gasteiger partial charge < -0.3 is 14.4 Å². The van der Waals surface area contributed by atoms with E-state index in [9.17, 15) is 9.59 Å². The number of ether oxygens (including phenoxy) is 2. The van der Waals surface area contributed by atoms with E-state index in [2.05, 4.69) is 0 Å². The summed E-state index contributed by atoms with van der Waals surface area (Å²) in [6, 6.07) is 18.6. The first-order chi connectivity index (χ1) is 14.6. The van der Waals surface area contributed by atoms with Crippen molar-refractivity contribution in [2.75, 3.05) is 13.7 Å². The number of carbonyl (C=O) groups excluding carboxylic acids is 2. The van der Waals surface area contributed by atoms with E-state index in [0.29, 0.717) is 30.8 Å². The van der Waals surface area contributed by atoms with Gasteiger partial charge in [-0.2, -0.15) is 0 Å². The predicted octanol–water partition coefficient (Wildman–Crippen LogP) is 4.96. The van der Waals surface area contributed by atoms with Crippen molar-refractivity contribution in [1.29, 1.82) is 0 Å². The average molecular weight is 424 g/mol. The molecule has 0 atom stereocenters. The van der Waals surface area contributed by atoms with Gasteiger partial charge in [0.15, 0.2) is 12.4 Å². The highest BCUT2D eigenvalue weighted by molar-refractivity contribution is 7.09. The molecule has 0 unspecified atom stereocenters. The Hall–Kier alpha value is -3.12. The molecular formula is C24H25NO4S. The molecule has 1 heterocycles. The number of hydrogen-bond acceptors (Lipinski definition) is 5. The van der Waals surface area contributed by atoms with Crippen LogP contribution in [-0.4, -0.2) is 30.3 Å². The van der Waals surface area contributed by atoms with Gasteiger partial charge in [0.25, 0.3) is 5.91 Å². The van der Waals surface area contributed by atoms with Crippen molar-refractivity contribution in [3.05, 3.63) is 82.0 Å². The summed E-state index contributed by atoms with van der Waals surface area (Å²) in [5.74, 6) is 1.27. The van der Waals surface area contributed by atoms with Gasteiger partial charge in [-0.1, -0.05) is 31.2 Å². The third-order valence-corrected chi connectivity index (χ3v) is 5.55. The van der Waals surface area contributed by atoms with Crippen LogP contribution in [0.1, 0.15) is 34.1 Å². The second kappa shape index (κ2) is 10.6. The molecule has 3 rings (SSSR count). The van der Waals surface area contributed by atoms with Crippen LogP contribution >= 0.6 is 11.3 Å². The molecule has 0 saturated heterocycles. The normalized spacial score (nSPS) is 10.5. The highest BCUT2D eigenvalue weighted by Crippen LogP contribution is 2.22. The van der Waals surface area contributed by atoms with E-state index in [0.717, 1.165) is 16.2 Å². The van der Waals surface area contributed by atoms with Crippen LogP contribution in [0.15, 0.2) is 66.0 Å². The Balaban J connectivity index is 1.69. The zero-order valence-electron chi connectivity index (χ0n) is 17.2. The summed E-state index contributed by atoms with van der Waals surface area (Å²) >= 11 is 1.61. The molecule has 0 radical (unpaired) electrons. The van der Waals surface area contributed by atoms with Crippen LogP contribution in [0.2, 0.25) is 0 Å². The summed E-state index contributed by atoms with van der Waals surface area (Å²) in [6.07, 6.45) is 0.458. The molecule has 1 amide bonds. The Kier molecular flexibility index (Phi) is 7.63. The highest BCUT2D eigenvalue weighted by Gasteiger charge is 2.18. The SMILES string of the molecule is CCC(=O)c1ccc(OCC(=O)N(Cc2cccs2)Cc2ccccc2OC)cc1. The summed E-state index contributed by atoms with van der Waals surface area (Å²) in [5.41, 5.74) is 1.58. The number of benzene rings is 2. The molecule has 0 spiro atoms. The standard InChI is InChI=1S/C24H25NO4S/c1-3-22(26)18-10-12-20(13-11-18)29-17-24(27)25(16-21-8-6-14-30-21)15-19-7-4-5-9-23(19)28-2/h4-14H,3,15-17H2,1-2H3. The minimum absolute atomic E-state index is 0.0801. The molecule has 0 fully saturated rings. The summed E-state index contributed by atoms with van der Waals surface area (Å²) < 4.78 is 11.1. The number of rotatable bonds is 10. The second-order valence-corrected chi connectivity index (χ2v) is 7.76. The predicted molar refractivity (Wildman–Crippen MR) is 118 cm³/mol. The van der Waals surface area contributed by atoms with Crippen LogP contribution in [-0.2, 0) is 17.9 Å². The molecule has 0 N–H and O–H groups in total. The van der Waals surface area contributed by atoms with Crippen molar-refractivity contribution in [1.82, 2.24) is 4.90 Å². The van der Waals surface area contributed by atoms with Gasteiger partial charge in [0, 0.05) is 29.0 Å². The number of methoxy groups -OCH3 is 1. The molecule has 6 heteroatoms. The maximum atomic E-state index is 13.0. The second-order valence-electron chi connectivity index (χ2n) is 6.73. The van der Waals surface area contributed by atoms with Crippen molar-refractivity contribution >= 4 is 23.0 Å². The number of thiophene rings is 1. The number of Topliss-reactive ketones (excluding diaryl/α,β-unsaturated/α-hetero) is 1. The number of carbonyl (C=O) groups is 2. The van der Waals surface area contributed by atoms with Crippen molar-refractivity contribution in [3.8, 4) is 11.5 Å². The lowest BCUT2D eigenvalue weighted by molar-refractivity contribution is -0.134. The van der Waals surface area contributed by atoms with Crippen LogP contribution in [0.4, 0.5) is 0 Å². The van der Waals surface area contributed by atoms with Crippen molar-refractivity contribution in [3.63, 3.8) is 0 Å². The van der Waals surface area contributed by atoms with E-state index in [1.807, 2.05) is 48.7 Å². The minimum atomic E-state index is -0.122. The van der Waals surface area contributed by atoms with E-state index in [-0.39, 0.29) is 18.3 Å². The monoisotopic (exact) mass is 423 g/mol. The fourth-order valence-electron chi connectivity index (χ4n) is 3.04. The highest BCUT2D eigenvalue weighted by atomic mass is 32.1. The molecule has 0 aliphatic carbocycles. The van der Waals surface area contributed by atoms with Gasteiger partial charge in [-0.15, -0.1) is 11.3 Å². The number of nitrogens with zero attached hydrogens (tertiary/aromatic N) is 1. The molecule has 0 saturated carbocycles. The summed E-state index contributed by atoms with van der Waals surface area (Å²) in [6.45, 7) is 2.67. The van der Waals surface area contributed by atoms with Crippen molar-refractivity contribution in [2.24, 2.45) is 0 Å². The molecular weight excluding hydrogens is 398 g/mol. The number of hydrogen-bond donors (Lipinski definition) is 0. The van der Waals surface area contributed by atoms with Crippen molar-refractivity contribution in [2.45, 2.75) is 26.4 Å². The first-order valence-corrected chi connectivity index (χ1v) is 10.7. The van der Waals surface area contributed by atoms with Crippen LogP contribution in [0, 0.1) is 0 Å². The summed E-state index contributed by atoms with van der Waals surface area (Å²) in [4.78, 5) is 27.6. The first-order valence-electron chi connectivity index (χ1n) is 9.78. The zero-order chi connectivity index (χ0) is 21.3. The Labute approximate surface area is 180 Å². The molecule has 30 heavy (non-hydrogen) atoms. The fourth-order valence-corrected chi connectivity index (χ4v) is 3.76. The van der Waals surface area contributed by atoms with E-state index in [1.165, 1.54) is 0 Å². The maximum Gasteiger partial charge on any atom is 0.261 e. The minimum Gasteiger partial charge on any atom is -0.496 e. The van der Waals surface area contributed by atoms with Gasteiger partial charge in [0.1, 0.15) is 11.5 Å². The molecule has 156 valence electrons. The molecule has 5 nitrogen and oxygen atoms in total. The average Bonchev–Trinajstić information content (AvgIpc) is 3.30. The molecule has 0 aliphatic rings. The Morgan fingerprint density at radius 3 is 2.40 bits per heavy atom. The molecule has 0 aliphatic heterocycles. The van der Waals surface area contributed by atoms with Gasteiger partial charge >= 0.3 is 0 Å². The Bertz CT molecular complexity index is 967. The lowest BCUT2D eigenvalue weighted by atomic mass is 10.1. The lowest BCUT2D eigenvalue weighted by Crippen LogP contribution is -2.34. The van der Waals surface area contributed by atoms with E-state index < -0.39 is 0 Å². The summed E-state index contributed by atoms with van der Waals surface area (Å²) in [5, 5.41) is 2.00. The van der Waals surface area contributed by atoms with Gasteiger partial charge in [0.2, 0.25) is 0 Å². The number of para-hydroxylation sites is 1. The maximum absolute atomic E-state index is 13.0. The van der Waals surface area contributed by atoms with Crippen molar-refractivity contribution < 1.29 is 19.1 Å². The van der Waals surface area contributed by atoms with E-state index in [4.69, 9.17) is 9.47 Å². The first kappa shape index (κ1) is 21.6. The van der Waals surface area contributed by atoms with Gasteiger partial charge in [-0.3, -0.25) is 9.59 Å². The van der Waals surface area contributed by atoms with Gasteiger partial charge in [-0.05, 0) is 41.8 Å². The molecule has 1 aromatic heterocycles. The largest absolute Gasteiger partial charge is 0.496 e. The third-order valence-electron chi connectivity index (χ3n) is 4.69. The third kappa shape index (κ3) is 5.70. The molecule has 2 aromatic carbocycles.